The average Bonchev–Trinajstić information content (AvgIpc) is 2.66. The van der Waals surface area contributed by atoms with E-state index in [9.17, 15) is 4.79 Å². The van der Waals surface area contributed by atoms with Gasteiger partial charge in [-0.05, 0) is 25.7 Å². The smallest absolute Gasteiger partial charge is 0.358 e. The molecule has 0 saturated heterocycles. The van der Waals surface area contributed by atoms with E-state index in [1.165, 1.54) is 19.3 Å². The Morgan fingerprint density at radius 2 is 2.31 bits per heavy atom. The Kier molecular flexibility index (Phi) is 3.27. The van der Waals surface area contributed by atoms with Crippen molar-refractivity contribution in [1.82, 2.24) is 9.55 Å². The van der Waals surface area contributed by atoms with Crippen molar-refractivity contribution in [3.8, 4) is 0 Å². The Bertz CT molecular complexity index is 367. The molecule has 1 aromatic heterocycles. The van der Waals surface area contributed by atoms with Crippen LogP contribution < -0.4 is 0 Å². The van der Waals surface area contributed by atoms with Gasteiger partial charge in [0.25, 0.3) is 0 Å². The lowest BCUT2D eigenvalue weighted by Crippen LogP contribution is -2.25. The van der Waals surface area contributed by atoms with Crippen LogP contribution in [0.15, 0.2) is 12.5 Å². The van der Waals surface area contributed by atoms with Crippen LogP contribution in [0.3, 0.4) is 0 Å². The summed E-state index contributed by atoms with van der Waals surface area (Å²) in [5.41, 5.74) is 0.418. The summed E-state index contributed by atoms with van der Waals surface area (Å²) in [7, 11) is 0. The van der Waals surface area contributed by atoms with Crippen LogP contribution >= 0.6 is 0 Å². The minimum atomic E-state index is -0.326. The number of rotatable bonds is 4. The summed E-state index contributed by atoms with van der Waals surface area (Å²) >= 11 is 0. The van der Waals surface area contributed by atoms with Gasteiger partial charge in [-0.25, -0.2) is 9.78 Å². The highest BCUT2D eigenvalue weighted by molar-refractivity contribution is 5.86. The van der Waals surface area contributed by atoms with Gasteiger partial charge in [0, 0.05) is 12.2 Å². The molecule has 1 saturated carbocycles. The van der Waals surface area contributed by atoms with E-state index in [0.717, 1.165) is 5.92 Å². The fourth-order valence-electron chi connectivity index (χ4n) is 2.12. The van der Waals surface area contributed by atoms with Gasteiger partial charge in [-0.15, -0.1) is 0 Å². The maximum Gasteiger partial charge on any atom is 0.358 e. The van der Waals surface area contributed by atoms with Crippen LogP contribution in [0.25, 0.3) is 0 Å². The minimum absolute atomic E-state index is 0.326. The van der Waals surface area contributed by atoms with Crippen molar-refractivity contribution in [2.75, 3.05) is 6.61 Å². The molecule has 0 bridgehead atoms. The lowest BCUT2D eigenvalue weighted by Gasteiger charge is -2.35. The van der Waals surface area contributed by atoms with E-state index in [2.05, 4.69) is 11.9 Å². The Hall–Kier alpha value is -1.32. The van der Waals surface area contributed by atoms with E-state index in [1.807, 2.05) is 4.57 Å². The molecule has 1 aliphatic carbocycles. The second-order valence-electron chi connectivity index (χ2n) is 4.33. The molecular formula is C12H18N2O2. The Balaban J connectivity index is 1.95. The molecule has 0 aliphatic heterocycles. The van der Waals surface area contributed by atoms with Crippen LogP contribution in [-0.4, -0.2) is 22.1 Å². The Morgan fingerprint density at radius 3 is 2.94 bits per heavy atom. The number of hydrogen-bond donors (Lipinski definition) is 0. The first-order valence-corrected chi connectivity index (χ1v) is 5.95. The highest BCUT2D eigenvalue weighted by Gasteiger charge is 2.29. The number of aromatic nitrogens is 2. The third-order valence-electron chi connectivity index (χ3n) is 3.30. The standard InChI is InChI=1S/C12H18N2O2/c1-3-9-5-10(6-9)14-7-11(13-8-14)12(15)16-4-2/h7-10H,3-6H2,1-2H3. The van der Waals surface area contributed by atoms with Crippen molar-refractivity contribution >= 4 is 5.97 Å². The monoisotopic (exact) mass is 222 g/mol. The minimum Gasteiger partial charge on any atom is -0.461 e. The first kappa shape index (κ1) is 11.2. The van der Waals surface area contributed by atoms with Crippen molar-refractivity contribution in [2.45, 2.75) is 39.2 Å². The molecule has 1 aliphatic rings. The second-order valence-corrected chi connectivity index (χ2v) is 4.33. The molecule has 2 rings (SSSR count). The topological polar surface area (TPSA) is 44.1 Å². The molecular weight excluding hydrogens is 204 g/mol. The highest BCUT2D eigenvalue weighted by atomic mass is 16.5. The predicted octanol–water partition coefficient (Wildman–Crippen LogP) is 2.42. The van der Waals surface area contributed by atoms with Gasteiger partial charge in [-0.2, -0.15) is 0 Å². The number of ether oxygens (including phenoxy) is 1. The largest absolute Gasteiger partial charge is 0.461 e. The van der Waals surface area contributed by atoms with E-state index in [-0.39, 0.29) is 5.97 Å². The first-order valence-electron chi connectivity index (χ1n) is 5.95. The summed E-state index contributed by atoms with van der Waals surface area (Å²) in [5.74, 6) is 0.519. The van der Waals surface area contributed by atoms with Crippen LogP contribution in [0.1, 0.15) is 49.6 Å². The zero-order chi connectivity index (χ0) is 11.5. The van der Waals surface area contributed by atoms with Crippen molar-refractivity contribution in [3.63, 3.8) is 0 Å². The molecule has 4 heteroatoms. The second kappa shape index (κ2) is 4.68. The highest BCUT2D eigenvalue weighted by Crippen LogP contribution is 2.39. The SMILES string of the molecule is CCOC(=O)c1cn(C2CC(CC)C2)cn1. The molecule has 0 unspecified atom stereocenters. The summed E-state index contributed by atoms with van der Waals surface area (Å²) in [6.07, 6.45) is 7.19. The molecule has 1 aromatic rings. The van der Waals surface area contributed by atoms with Gasteiger partial charge < -0.3 is 9.30 Å². The van der Waals surface area contributed by atoms with E-state index in [1.54, 1.807) is 19.4 Å². The summed E-state index contributed by atoms with van der Waals surface area (Å²) < 4.78 is 6.94. The predicted molar refractivity (Wildman–Crippen MR) is 60.2 cm³/mol. The molecule has 0 aromatic carbocycles. The molecule has 88 valence electrons. The molecule has 1 fully saturated rings. The van der Waals surface area contributed by atoms with Gasteiger partial charge in [-0.1, -0.05) is 13.3 Å². The molecule has 0 spiro atoms. The van der Waals surface area contributed by atoms with Gasteiger partial charge in [0.2, 0.25) is 0 Å². The van der Waals surface area contributed by atoms with Gasteiger partial charge in [0.15, 0.2) is 5.69 Å². The molecule has 0 N–H and O–H groups in total. The van der Waals surface area contributed by atoms with Crippen molar-refractivity contribution in [3.05, 3.63) is 18.2 Å². The molecule has 0 radical (unpaired) electrons. The zero-order valence-corrected chi connectivity index (χ0v) is 9.85. The van der Waals surface area contributed by atoms with Crippen LogP contribution in [-0.2, 0) is 4.74 Å². The van der Waals surface area contributed by atoms with Crippen LogP contribution in [0.2, 0.25) is 0 Å². The van der Waals surface area contributed by atoms with Crippen molar-refractivity contribution in [1.29, 1.82) is 0 Å². The zero-order valence-electron chi connectivity index (χ0n) is 9.85. The number of hydrogen-bond acceptors (Lipinski definition) is 3. The Labute approximate surface area is 95.6 Å². The molecule has 1 heterocycles. The van der Waals surface area contributed by atoms with E-state index in [0.29, 0.717) is 18.3 Å². The maximum atomic E-state index is 11.4. The average molecular weight is 222 g/mol. The fourth-order valence-corrected chi connectivity index (χ4v) is 2.12. The van der Waals surface area contributed by atoms with Gasteiger partial charge >= 0.3 is 5.97 Å². The van der Waals surface area contributed by atoms with Crippen LogP contribution in [0.4, 0.5) is 0 Å². The summed E-state index contributed by atoms with van der Waals surface area (Å²) in [6, 6.07) is 0.528. The third-order valence-corrected chi connectivity index (χ3v) is 3.30. The van der Waals surface area contributed by atoms with Gasteiger partial charge in [0.1, 0.15) is 0 Å². The lowest BCUT2D eigenvalue weighted by atomic mass is 9.78. The van der Waals surface area contributed by atoms with Gasteiger partial charge in [-0.3, -0.25) is 0 Å². The molecule has 16 heavy (non-hydrogen) atoms. The van der Waals surface area contributed by atoms with E-state index >= 15 is 0 Å². The van der Waals surface area contributed by atoms with Crippen molar-refractivity contribution in [2.24, 2.45) is 5.92 Å². The van der Waals surface area contributed by atoms with E-state index in [4.69, 9.17) is 4.74 Å². The van der Waals surface area contributed by atoms with Crippen LogP contribution in [0.5, 0.6) is 0 Å². The molecule has 0 atom stereocenters. The number of esters is 1. The normalized spacial score (nSPS) is 23.9. The number of carbonyl (C=O) groups excluding carboxylic acids is 1. The summed E-state index contributed by atoms with van der Waals surface area (Å²) in [6.45, 7) is 4.42. The first-order chi connectivity index (χ1) is 7.74. The third kappa shape index (κ3) is 2.10. The van der Waals surface area contributed by atoms with Crippen LogP contribution in [0, 0.1) is 5.92 Å². The van der Waals surface area contributed by atoms with E-state index < -0.39 is 0 Å². The Morgan fingerprint density at radius 1 is 1.56 bits per heavy atom. The number of carbonyl (C=O) groups is 1. The number of nitrogens with zero attached hydrogens (tertiary/aromatic N) is 2. The quantitative estimate of drug-likeness (QED) is 0.735. The summed E-state index contributed by atoms with van der Waals surface area (Å²) in [4.78, 5) is 15.5. The molecule has 0 amide bonds. The number of imidazole rings is 1. The fraction of sp³-hybridized carbons (Fsp3) is 0.667. The lowest BCUT2D eigenvalue weighted by molar-refractivity contribution is 0.0519. The molecule has 4 nitrogen and oxygen atoms in total. The van der Waals surface area contributed by atoms with Gasteiger partial charge in [0.05, 0.1) is 12.9 Å². The maximum absolute atomic E-state index is 11.4. The van der Waals surface area contributed by atoms with Crippen molar-refractivity contribution < 1.29 is 9.53 Å². The summed E-state index contributed by atoms with van der Waals surface area (Å²) in [5, 5.41) is 0.